The van der Waals surface area contributed by atoms with E-state index in [1.807, 2.05) is 16.8 Å². The number of thioether (sulfide) groups is 1. The van der Waals surface area contributed by atoms with E-state index in [4.69, 9.17) is 9.85 Å². The quantitative estimate of drug-likeness (QED) is 0.155. The van der Waals surface area contributed by atoms with Crippen LogP contribution in [0, 0.1) is 0 Å². The maximum absolute atomic E-state index is 13.1. The number of rotatable bonds is 7. The summed E-state index contributed by atoms with van der Waals surface area (Å²) < 4.78 is 23.6. The number of thiazole rings is 1. The molecule has 0 bridgehead atoms. The van der Waals surface area contributed by atoms with E-state index in [0.29, 0.717) is 17.9 Å². The third-order valence-corrected chi connectivity index (χ3v) is 8.17. The number of aryl methyl sites for hydroxylation is 1. The molecule has 1 aliphatic carbocycles. The van der Waals surface area contributed by atoms with Gasteiger partial charge in [0.25, 0.3) is 11.8 Å². The molecule has 13 heteroatoms. The summed E-state index contributed by atoms with van der Waals surface area (Å²) >= 11 is 2.35. The highest BCUT2D eigenvalue weighted by Crippen LogP contribution is 2.40. The molecule has 0 unspecified atom stereocenters. The zero-order valence-corrected chi connectivity index (χ0v) is 19.9. The smallest absolute Gasteiger partial charge is 0.352 e. The van der Waals surface area contributed by atoms with Crippen LogP contribution in [0.3, 0.4) is 0 Å². The monoisotopic (exact) mass is 519 g/mol. The molecule has 0 spiro atoms. The highest BCUT2D eigenvalue weighted by atomic mass is 32.2. The van der Waals surface area contributed by atoms with Crippen molar-refractivity contribution in [2.75, 3.05) is 18.5 Å². The summed E-state index contributed by atoms with van der Waals surface area (Å²) in [6, 6.07) is 2.96. The van der Waals surface area contributed by atoms with Crippen LogP contribution in [0.1, 0.15) is 27.5 Å². The maximum atomic E-state index is 13.1. The minimum Gasteiger partial charge on any atom is -0.477 e. The molecule has 4 heterocycles. The van der Waals surface area contributed by atoms with Crippen LogP contribution in [0.25, 0.3) is 0 Å². The Kier molecular flexibility index (Phi) is 5.27. The van der Waals surface area contributed by atoms with E-state index in [1.165, 1.54) is 33.3 Å². The van der Waals surface area contributed by atoms with E-state index in [2.05, 4.69) is 26.4 Å². The number of carboxylic acid groups (broad SMARTS) is 1. The van der Waals surface area contributed by atoms with Gasteiger partial charge in [-0.3, -0.25) is 14.5 Å². The first-order valence-electron chi connectivity index (χ1n) is 12.2. The van der Waals surface area contributed by atoms with Gasteiger partial charge in [-0.25, -0.2) is 9.78 Å². The van der Waals surface area contributed by atoms with Crippen LogP contribution in [-0.2, 0) is 38.6 Å². The fourth-order valence-corrected chi connectivity index (χ4v) is 6.51. The number of carbonyl (C=O) groups is 3. The van der Waals surface area contributed by atoms with Crippen molar-refractivity contribution in [3.63, 3.8) is 0 Å². The summed E-state index contributed by atoms with van der Waals surface area (Å²) in [5.74, 6) is -2.36. The lowest BCUT2D eigenvalue weighted by atomic mass is 10.0. The molecule has 2 aliphatic heterocycles. The molecule has 0 saturated carbocycles. The van der Waals surface area contributed by atoms with Gasteiger partial charge in [-0.1, -0.05) is 5.16 Å². The lowest BCUT2D eigenvalue weighted by molar-refractivity contribution is -0.696. The van der Waals surface area contributed by atoms with Crippen molar-refractivity contribution in [2.24, 2.45) is 5.16 Å². The molecule has 2 atom stereocenters. The number of nitrogen functional groups attached to an aromatic ring is 1. The van der Waals surface area contributed by atoms with E-state index >= 15 is 0 Å². The summed E-state index contributed by atoms with van der Waals surface area (Å²) in [5, 5.41) is 16.8. The lowest BCUT2D eigenvalue weighted by Gasteiger charge is -2.49. The fourth-order valence-electron chi connectivity index (χ4n) is 4.63. The van der Waals surface area contributed by atoms with Crippen LogP contribution < -0.4 is 15.6 Å². The summed E-state index contributed by atoms with van der Waals surface area (Å²) in [7, 11) is -2.91. The molecule has 35 heavy (non-hydrogen) atoms. The van der Waals surface area contributed by atoms with Crippen molar-refractivity contribution >= 4 is 51.7 Å². The average Bonchev–Trinajstić information content (AvgIpc) is 3.51. The van der Waals surface area contributed by atoms with Crippen LogP contribution >= 0.6 is 23.1 Å². The molecule has 4 N–H and O–H groups in total. The Labute approximate surface area is 212 Å². The number of carboxylic acids is 1. The second kappa shape index (κ2) is 9.30. The summed E-state index contributed by atoms with van der Waals surface area (Å²) in [5.41, 5.74) is 8.08. The molecule has 11 nitrogen and oxygen atoms in total. The number of aromatic nitrogens is 2. The molecule has 0 radical (unpaired) electrons. The Morgan fingerprint density at radius 1 is 1.49 bits per heavy atom. The van der Waals surface area contributed by atoms with Gasteiger partial charge in [0, 0.05) is 34.8 Å². The summed E-state index contributed by atoms with van der Waals surface area (Å²) in [4.78, 5) is 48.0. The van der Waals surface area contributed by atoms with Crippen molar-refractivity contribution in [2.45, 2.75) is 37.2 Å². The SMILES string of the molecule is [2H][13C]([2H])([2H])O/N=C(/C(=O)N[C@@H]1C(=O)N2C(C(=O)O)=C(C[n+]3cccc4c3CCC4)CS[C@H]12)c1csc(N)n1. The zero-order chi connectivity index (χ0) is 27.2. The molecule has 0 aromatic carbocycles. The maximum Gasteiger partial charge on any atom is 0.352 e. The normalized spacial score (nSPS) is 23.0. The number of nitrogens with one attached hydrogen (secondary N) is 1. The molecular weight excluding hydrogens is 493 g/mol. The zero-order valence-electron chi connectivity index (χ0n) is 21.3. The Bertz CT molecular complexity index is 1390. The molecule has 1 saturated heterocycles. The Balaban J connectivity index is 1.36. The largest absolute Gasteiger partial charge is 0.477 e. The number of fused-ring (bicyclic) bond motifs is 2. The number of anilines is 1. The number of hydrogen-bond donors (Lipinski definition) is 3. The Morgan fingerprint density at radius 2 is 2.34 bits per heavy atom. The first-order valence-corrected chi connectivity index (χ1v) is 12.6. The number of nitrogens with two attached hydrogens (primary N) is 1. The van der Waals surface area contributed by atoms with E-state index < -0.39 is 41.9 Å². The highest BCUT2D eigenvalue weighted by Gasteiger charge is 2.55. The predicted molar refractivity (Wildman–Crippen MR) is 128 cm³/mol. The van der Waals surface area contributed by atoms with Gasteiger partial charge < -0.3 is 21.0 Å². The van der Waals surface area contributed by atoms with Crippen LogP contribution in [-0.4, -0.2) is 62.7 Å². The number of β-lactam (4-membered cyclic amide) rings is 1. The van der Waals surface area contributed by atoms with Crippen molar-refractivity contribution < 1.29 is 33.0 Å². The number of oxime groups is 1. The molecule has 182 valence electrons. The van der Waals surface area contributed by atoms with E-state index in [1.54, 1.807) is 0 Å². The summed E-state index contributed by atoms with van der Waals surface area (Å²) in [6.07, 6.45) is 4.86. The van der Waals surface area contributed by atoms with Crippen molar-refractivity contribution in [3.8, 4) is 0 Å². The number of nitrogens with zero attached hydrogens (tertiary/aromatic N) is 4. The Hall–Kier alpha value is -3.45. The van der Waals surface area contributed by atoms with Gasteiger partial charge >= 0.3 is 5.97 Å². The standard InChI is InChI=1S/C22H22N6O5S2/c1-33-26-15(13-10-35-22(23)24-13)18(29)25-16-19(30)28-17(21(31)32)12(9-34-20(16)28)8-27-7-3-5-11-4-2-6-14(11)27/h3,5,7,10,16,20H,2,4,6,8-9H2,1H3,(H3-,23,24,25,29,31,32)/p+1/b26-15+/t16-,20-/m1/s1/i1+1D3. The van der Waals surface area contributed by atoms with Gasteiger partial charge in [-0.2, -0.15) is 4.57 Å². The number of hydrogen-bond acceptors (Lipinski definition) is 9. The fraction of sp³-hybridized carbons (Fsp3) is 0.364. The van der Waals surface area contributed by atoms with E-state index in [9.17, 15) is 19.5 Å². The first-order chi connectivity index (χ1) is 18.0. The molecule has 5 rings (SSSR count). The Morgan fingerprint density at radius 3 is 3.09 bits per heavy atom. The number of carbonyl (C=O) groups excluding carboxylic acids is 2. The molecule has 2 aromatic heterocycles. The number of aliphatic carboxylic acids is 1. The number of amides is 2. The topological polar surface area (TPSA) is 151 Å². The molecule has 2 aromatic rings. The van der Waals surface area contributed by atoms with Crippen molar-refractivity contribution in [1.82, 2.24) is 15.2 Å². The van der Waals surface area contributed by atoms with E-state index in [-0.39, 0.29) is 16.5 Å². The van der Waals surface area contributed by atoms with Gasteiger partial charge in [0.2, 0.25) is 0 Å². The second-order valence-corrected chi connectivity index (χ2v) is 10.2. The average molecular weight is 520 g/mol. The van der Waals surface area contributed by atoms with Gasteiger partial charge in [0.1, 0.15) is 29.8 Å². The predicted octanol–water partition coefficient (Wildman–Crippen LogP) is 0.291. The molecule has 3 aliphatic rings. The van der Waals surface area contributed by atoms with Crippen LogP contribution in [0.5, 0.6) is 0 Å². The van der Waals surface area contributed by atoms with Gasteiger partial charge in [-0.05, 0) is 18.9 Å². The molecule has 2 amide bonds. The third-order valence-electron chi connectivity index (χ3n) is 6.15. The molecular formula is C22H23N6O5S2+. The second-order valence-electron chi connectivity index (χ2n) is 8.18. The van der Waals surface area contributed by atoms with Crippen LogP contribution in [0.15, 0.2) is 40.1 Å². The van der Waals surface area contributed by atoms with Crippen molar-refractivity contribution in [3.05, 3.63) is 51.9 Å². The first kappa shape index (κ1) is 19.8. The van der Waals surface area contributed by atoms with E-state index in [0.717, 1.165) is 30.6 Å². The van der Waals surface area contributed by atoms with Crippen LogP contribution in [0.2, 0.25) is 0 Å². The molecule has 1 fully saturated rings. The number of pyridine rings is 1. The van der Waals surface area contributed by atoms with Crippen molar-refractivity contribution in [1.29, 1.82) is 0 Å². The summed E-state index contributed by atoms with van der Waals surface area (Å²) in [6.45, 7) is 0.347. The highest BCUT2D eigenvalue weighted by molar-refractivity contribution is 8.00. The minimum absolute atomic E-state index is 0.0185. The lowest BCUT2D eigenvalue weighted by Crippen LogP contribution is -2.71. The van der Waals surface area contributed by atoms with Gasteiger partial charge in [-0.15, -0.1) is 23.1 Å². The minimum atomic E-state index is -2.91. The van der Waals surface area contributed by atoms with Gasteiger partial charge in [0.15, 0.2) is 29.3 Å². The van der Waals surface area contributed by atoms with Crippen LogP contribution in [0.4, 0.5) is 5.13 Å². The third kappa shape index (κ3) is 4.14. The van der Waals surface area contributed by atoms with Gasteiger partial charge in [0.05, 0.1) is 4.11 Å².